The normalized spacial score (nSPS) is 14.8. The molecule has 9 heteroatoms. The third kappa shape index (κ3) is 7.88. The number of hydrogen-bond donors (Lipinski definition) is 1. The second-order valence-electron chi connectivity index (χ2n) is 10.9. The predicted octanol–water partition coefficient (Wildman–Crippen LogP) is 5.33. The maximum absolute atomic E-state index is 14.9. The van der Waals surface area contributed by atoms with Crippen molar-refractivity contribution >= 4 is 16.1 Å². The Labute approximate surface area is 230 Å². The number of aryl methyl sites for hydroxylation is 1. The van der Waals surface area contributed by atoms with E-state index in [0.717, 1.165) is 16.7 Å². The maximum atomic E-state index is 14.9. The van der Waals surface area contributed by atoms with Crippen LogP contribution in [0.3, 0.4) is 0 Å². The Morgan fingerprint density at radius 1 is 0.949 bits per heavy atom. The molecule has 1 saturated heterocycles. The summed E-state index contributed by atoms with van der Waals surface area (Å²) in [6.45, 7) is 10.7. The summed E-state index contributed by atoms with van der Waals surface area (Å²) in [5.41, 5.74) is 3.16. The first-order valence-electron chi connectivity index (χ1n) is 13.0. The van der Waals surface area contributed by atoms with Gasteiger partial charge in [-0.2, -0.15) is 0 Å². The van der Waals surface area contributed by atoms with Crippen molar-refractivity contribution in [3.8, 4) is 11.1 Å². The number of amides is 1. The van der Waals surface area contributed by atoms with Crippen LogP contribution in [0.15, 0.2) is 71.6 Å². The minimum absolute atomic E-state index is 0.0468. The van der Waals surface area contributed by atoms with E-state index in [9.17, 15) is 17.6 Å². The molecule has 1 amide bonds. The van der Waals surface area contributed by atoms with Gasteiger partial charge in [-0.05, 0) is 80.3 Å². The van der Waals surface area contributed by atoms with Crippen LogP contribution < -0.4 is 4.72 Å². The molecule has 0 saturated carbocycles. The number of nitrogens with zero attached hydrogens (tertiary/aromatic N) is 2. The topological polar surface area (TPSA) is 79.0 Å². The molecule has 1 aliphatic rings. The van der Waals surface area contributed by atoms with Gasteiger partial charge in [0.15, 0.2) is 0 Å². The highest BCUT2D eigenvalue weighted by Gasteiger charge is 2.26. The van der Waals surface area contributed by atoms with Crippen molar-refractivity contribution in [3.05, 3.63) is 89.2 Å². The molecular formula is C30H36FN3O4S. The van der Waals surface area contributed by atoms with Crippen LogP contribution in [0.2, 0.25) is 0 Å². The molecule has 4 rings (SSSR count). The minimum Gasteiger partial charge on any atom is -0.444 e. The Bertz CT molecular complexity index is 1430. The lowest BCUT2D eigenvalue weighted by Crippen LogP contribution is -2.49. The van der Waals surface area contributed by atoms with Crippen molar-refractivity contribution in [2.45, 2.75) is 51.3 Å². The highest BCUT2D eigenvalue weighted by Crippen LogP contribution is 2.26. The fourth-order valence-corrected chi connectivity index (χ4v) is 5.58. The van der Waals surface area contributed by atoms with Crippen LogP contribution in [0.25, 0.3) is 11.1 Å². The van der Waals surface area contributed by atoms with E-state index in [1.807, 2.05) is 58.0 Å². The lowest BCUT2D eigenvalue weighted by Gasteiger charge is -2.35. The zero-order valence-corrected chi connectivity index (χ0v) is 23.7. The second kappa shape index (κ2) is 11.9. The molecule has 0 aromatic heterocycles. The van der Waals surface area contributed by atoms with Crippen molar-refractivity contribution in [2.24, 2.45) is 0 Å². The molecule has 208 valence electrons. The number of benzene rings is 3. The molecule has 1 fully saturated rings. The van der Waals surface area contributed by atoms with Gasteiger partial charge in [-0.25, -0.2) is 22.3 Å². The fourth-order valence-electron chi connectivity index (χ4n) is 4.46. The molecule has 1 aliphatic heterocycles. The molecule has 0 aliphatic carbocycles. The molecule has 1 heterocycles. The molecule has 7 nitrogen and oxygen atoms in total. The number of rotatable bonds is 7. The van der Waals surface area contributed by atoms with Gasteiger partial charge in [0.2, 0.25) is 10.0 Å². The van der Waals surface area contributed by atoms with E-state index in [4.69, 9.17) is 4.74 Å². The van der Waals surface area contributed by atoms with Gasteiger partial charge >= 0.3 is 6.09 Å². The van der Waals surface area contributed by atoms with E-state index in [1.54, 1.807) is 35.2 Å². The van der Waals surface area contributed by atoms with Crippen LogP contribution in [0, 0.1) is 12.7 Å². The first kappa shape index (κ1) is 28.7. The molecule has 0 atom stereocenters. The summed E-state index contributed by atoms with van der Waals surface area (Å²) in [5.74, 6) is -0.372. The van der Waals surface area contributed by atoms with Crippen molar-refractivity contribution in [1.29, 1.82) is 0 Å². The zero-order chi connectivity index (χ0) is 28.2. The van der Waals surface area contributed by atoms with Crippen LogP contribution in [-0.4, -0.2) is 56.1 Å². The van der Waals surface area contributed by atoms with Gasteiger partial charge in [0.1, 0.15) is 11.4 Å². The average Bonchev–Trinajstić information content (AvgIpc) is 2.88. The SMILES string of the molecule is Cc1cccc(S(=O)(=O)NCc2ccc(F)c(-c3cccc(CN4CCN(C(=O)OC(C)(C)C)CC4)c3)c2)c1. The summed E-state index contributed by atoms with van der Waals surface area (Å²) in [6, 6.07) is 19.1. The quantitative estimate of drug-likeness (QED) is 0.428. The Kier molecular flexibility index (Phi) is 8.73. The lowest BCUT2D eigenvalue weighted by molar-refractivity contribution is 0.0139. The molecule has 3 aromatic carbocycles. The molecule has 0 radical (unpaired) electrons. The largest absolute Gasteiger partial charge is 0.444 e. The van der Waals surface area contributed by atoms with E-state index in [1.165, 1.54) is 6.07 Å². The number of ether oxygens (including phenoxy) is 1. The highest BCUT2D eigenvalue weighted by molar-refractivity contribution is 7.89. The number of nitrogens with one attached hydrogen (secondary N) is 1. The van der Waals surface area contributed by atoms with Crippen molar-refractivity contribution in [1.82, 2.24) is 14.5 Å². The van der Waals surface area contributed by atoms with Gasteiger partial charge in [0.25, 0.3) is 0 Å². The predicted molar refractivity (Wildman–Crippen MR) is 150 cm³/mol. The van der Waals surface area contributed by atoms with Crippen LogP contribution in [0.4, 0.5) is 9.18 Å². The zero-order valence-electron chi connectivity index (χ0n) is 22.9. The summed E-state index contributed by atoms with van der Waals surface area (Å²) >= 11 is 0. The number of carbonyl (C=O) groups is 1. The fraction of sp³-hybridized carbons (Fsp3) is 0.367. The standard InChI is InChI=1S/C30H36FN3O4S/c1-22-7-5-10-26(17-22)39(36,37)32-20-23-11-12-28(31)27(19-23)25-9-6-8-24(18-25)21-33-13-15-34(16-14-33)29(35)38-30(2,3)4/h5-12,17-19,32H,13-16,20-21H2,1-4H3. The van der Waals surface area contributed by atoms with E-state index < -0.39 is 15.6 Å². The Balaban J connectivity index is 1.40. The Morgan fingerprint density at radius 3 is 2.36 bits per heavy atom. The molecule has 0 unspecified atom stereocenters. The van der Waals surface area contributed by atoms with E-state index in [0.29, 0.717) is 43.9 Å². The van der Waals surface area contributed by atoms with E-state index >= 15 is 0 Å². The molecule has 3 aromatic rings. The van der Waals surface area contributed by atoms with E-state index in [2.05, 4.69) is 9.62 Å². The average molecular weight is 554 g/mol. The lowest BCUT2D eigenvalue weighted by atomic mass is 10.00. The number of piperazine rings is 1. The number of halogens is 1. The number of sulfonamides is 1. The summed E-state index contributed by atoms with van der Waals surface area (Å²) in [6.07, 6.45) is -0.291. The highest BCUT2D eigenvalue weighted by atomic mass is 32.2. The molecule has 0 bridgehead atoms. The van der Waals surface area contributed by atoms with Crippen LogP contribution in [0.5, 0.6) is 0 Å². The Morgan fingerprint density at radius 2 is 1.67 bits per heavy atom. The van der Waals surface area contributed by atoms with Gasteiger partial charge in [-0.15, -0.1) is 0 Å². The first-order valence-corrected chi connectivity index (χ1v) is 14.5. The maximum Gasteiger partial charge on any atom is 0.410 e. The monoisotopic (exact) mass is 553 g/mol. The van der Waals surface area contributed by atoms with Gasteiger partial charge in [0.05, 0.1) is 4.90 Å². The van der Waals surface area contributed by atoms with Crippen molar-refractivity contribution in [3.63, 3.8) is 0 Å². The summed E-state index contributed by atoms with van der Waals surface area (Å²) in [4.78, 5) is 16.5. The molecule has 1 N–H and O–H groups in total. The van der Waals surface area contributed by atoms with Crippen LogP contribution in [0.1, 0.15) is 37.5 Å². The third-order valence-electron chi connectivity index (χ3n) is 6.47. The summed E-state index contributed by atoms with van der Waals surface area (Å²) < 4.78 is 48.4. The molecule has 0 spiro atoms. The smallest absolute Gasteiger partial charge is 0.410 e. The van der Waals surface area contributed by atoms with Crippen LogP contribution >= 0.6 is 0 Å². The van der Waals surface area contributed by atoms with E-state index in [-0.39, 0.29) is 23.4 Å². The number of carbonyl (C=O) groups excluding carboxylic acids is 1. The third-order valence-corrected chi connectivity index (χ3v) is 7.86. The number of hydrogen-bond acceptors (Lipinski definition) is 5. The van der Waals surface area contributed by atoms with Crippen LogP contribution in [-0.2, 0) is 27.8 Å². The molecule has 39 heavy (non-hydrogen) atoms. The summed E-state index contributed by atoms with van der Waals surface area (Å²) in [5, 5.41) is 0. The van der Waals surface area contributed by atoms with Crippen molar-refractivity contribution in [2.75, 3.05) is 26.2 Å². The second-order valence-corrected chi connectivity index (χ2v) is 12.7. The Hall–Kier alpha value is -3.27. The van der Waals surface area contributed by atoms with Gasteiger partial charge in [0, 0.05) is 44.8 Å². The minimum atomic E-state index is -3.69. The summed E-state index contributed by atoms with van der Waals surface area (Å²) in [7, 11) is -3.69. The van der Waals surface area contributed by atoms with Crippen molar-refractivity contribution < 1.29 is 22.3 Å². The van der Waals surface area contributed by atoms with Gasteiger partial charge < -0.3 is 9.64 Å². The molecular weight excluding hydrogens is 517 g/mol. The van der Waals surface area contributed by atoms with Gasteiger partial charge in [-0.1, -0.05) is 36.4 Å². The first-order chi connectivity index (χ1) is 18.4. The van der Waals surface area contributed by atoms with Gasteiger partial charge in [-0.3, -0.25) is 4.90 Å².